The number of ether oxygens (including phenoxy) is 6. The predicted octanol–water partition coefficient (Wildman–Crippen LogP) is 13.4. The molecule has 0 amide bonds. The van der Waals surface area contributed by atoms with E-state index in [0.29, 0.717) is 34.5 Å². The number of para-hydroxylation sites is 2. The van der Waals surface area contributed by atoms with Crippen LogP contribution in [0.25, 0.3) is 43.1 Å². The first-order chi connectivity index (χ1) is 29.7. The summed E-state index contributed by atoms with van der Waals surface area (Å²) in [5.41, 5.74) is 0. The lowest BCUT2D eigenvalue weighted by molar-refractivity contribution is -0.446. The van der Waals surface area contributed by atoms with Crippen molar-refractivity contribution in [2.24, 2.45) is 0 Å². The third kappa shape index (κ3) is 7.01. The zero-order valence-electron chi connectivity index (χ0n) is 32.4. The minimum atomic E-state index is -2.47. The molecule has 0 radical (unpaired) electrons. The highest BCUT2D eigenvalue weighted by Crippen LogP contribution is 2.45. The van der Waals surface area contributed by atoms with Gasteiger partial charge in [-0.05, 0) is 70.1 Å². The largest absolute Gasteiger partial charge is 0.546 e. The first-order valence-electron chi connectivity index (χ1n) is 19.8. The average Bonchev–Trinajstić information content (AvgIpc) is 3.30. The van der Waals surface area contributed by atoms with Crippen LogP contribution in [0.3, 0.4) is 0 Å². The minimum absolute atomic E-state index is 0.391. The second-order valence-corrected chi connectivity index (χ2v) is 14.3. The van der Waals surface area contributed by atoms with Crippen molar-refractivity contribution in [3.8, 4) is 34.5 Å². The SMILES string of the molecule is c1ccc(OC(Oc2cccc3ccccc23)(Oc2cccc3ccccc23)C(Oc2ccccc2)(Oc2cccc3ccccc23)Oc2cccc3ccccc23)cc1. The summed E-state index contributed by atoms with van der Waals surface area (Å²) < 4.78 is 44.4. The molecule has 0 atom stereocenters. The van der Waals surface area contributed by atoms with Crippen molar-refractivity contribution in [3.63, 3.8) is 0 Å². The van der Waals surface area contributed by atoms with Gasteiger partial charge < -0.3 is 28.4 Å². The molecule has 6 nitrogen and oxygen atoms in total. The Morgan fingerprint density at radius 2 is 0.433 bits per heavy atom. The van der Waals surface area contributed by atoms with Crippen LogP contribution < -0.4 is 28.4 Å². The van der Waals surface area contributed by atoms with Gasteiger partial charge in [-0.25, -0.2) is 0 Å². The number of hydrogen-bond acceptors (Lipinski definition) is 6. The van der Waals surface area contributed by atoms with E-state index < -0.39 is 11.9 Å². The van der Waals surface area contributed by atoms with Crippen LogP contribution in [0.1, 0.15) is 0 Å². The van der Waals surface area contributed by atoms with Crippen LogP contribution in [-0.2, 0) is 0 Å². The summed E-state index contributed by atoms with van der Waals surface area (Å²) in [4.78, 5) is 0. The normalized spacial score (nSPS) is 11.7. The van der Waals surface area contributed by atoms with E-state index in [9.17, 15) is 0 Å². The van der Waals surface area contributed by atoms with Crippen molar-refractivity contribution in [2.75, 3.05) is 0 Å². The summed E-state index contributed by atoms with van der Waals surface area (Å²) in [6.07, 6.45) is 0. The number of hydrogen-bond donors (Lipinski definition) is 0. The molecule has 0 aliphatic heterocycles. The van der Waals surface area contributed by atoms with Crippen molar-refractivity contribution in [2.45, 2.75) is 11.9 Å². The van der Waals surface area contributed by atoms with E-state index in [-0.39, 0.29) is 0 Å². The van der Waals surface area contributed by atoms with Gasteiger partial charge in [-0.15, -0.1) is 0 Å². The summed E-state index contributed by atoms with van der Waals surface area (Å²) in [5.74, 6) is -2.45. The Hall–Kier alpha value is -7.96. The lowest BCUT2D eigenvalue weighted by Crippen LogP contribution is -2.74. The highest BCUT2D eigenvalue weighted by Gasteiger charge is 2.71. The molecule has 0 saturated carbocycles. The van der Waals surface area contributed by atoms with Crippen LogP contribution in [-0.4, -0.2) is 11.9 Å². The number of benzene rings is 10. The molecule has 10 aromatic rings. The standard InChI is InChI=1S/C54H38O6/c1-3-27-43(28-4-1)55-53(57-49-35-15-23-39-19-7-11-31-45(39)49,58-50-36-16-24-40-20-8-12-32-46(40)50)54(56-44-29-5-2-6-30-44,59-51-37-17-25-41-21-9-13-33-47(41)51)60-52-38-18-26-42-22-10-14-34-48(42)52/h1-38H. The van der Waals surface area contributed by atoms with Crippen molar-refractivity contribution in [1.29, 1.82) is 0 Å². The highest BCUT2D eigenvalue weighted by molar-refractivity contribution is 5.91. The van der Waals surface area contributed by atoms with Crippen LogP contribution in [0, 0.1) is 0 Å². The fourth-order valence-electron chi connectivity index (χ4n) is 7.51. The van der Waals surface area contributed by atoms with Crippen molar-refractivity contribution in [1.82, 2.24) is 0 Å². The Morgan fingerprint density at radius 1 is 0.200 bits per heavy atom. The maximum atomic E-state index is 7.46. The van der Waals surface area contributed by atoms with Gasteiger partial charge in [0.2, 0.25) is 0 Å². The maximum absolute atomic E-state index is 7.46. The van der Waals surface area contributed by atoms with Gasteiger partial charge in [0, 0.05) is 21.5 Å². The quantitative estimate of drug-likeness (QED) is 0.109. The van der Waals surface area contributed by atoms with Gasteiger partial charge in [0.1, 0.15) is 34.5 Å². The lowest BCUT2D eigenvalue weighted by atomic mass is 10.1. The van der Waals surface area contributed by atoms with Gasteiger partial charge in [-0.1, -0.05) is 182 Å². The number of rotatable bonds is 13. The molecule has 0 aliphatic rings. The molecular formula is C54H38O6. The monoisotopic (exact) mass is 782 g/mol. The third-order valence-corrected chi connectivity index (χ3v) is 10.3. The molecule has 0 aliphatic carbocycles. The van der Waals surface area contributed by atoms with Crippen LogP contribution >= 0.6 is 0 Å². The summed E-state index contributed by atoms with van der Waals surface area (Å²) in [7, 11) is 0. The molecule has 0 aromatic heterocycles. The Labute approximate surface area is 347 Å². The summed E-state index contributed by atoms with van der Waals surface area (Å²) >= 11 is 0. The zero-order valence-corrected chi connectivity index (χ0v) is 32.4. The molecule has 290 valence electrons. The fraction of sp³-hybridized carbons (Fsp3) is 0.0370. The predicted molar refractivity (Wildman–Crippen MR) is 238 cm³/mol. The van der Waals surface area contributed by atoms with Crippen LogP contribution in [0.4, 0.5) is 0 Å². The molecule has 0 spiro atoms. The molecule has 0 bridgehead atoms. The van der Waals surface area contributed by atoms with Crippen molar-refractivity contribution in [3.05, 3.63) is 231 Å². The zero-order chi connectivity index (χ0) is 40.2. The summed E-state index contributed by atoms with van der Waals surface area (Å²) in [5, 5.41) is 6.94. The lowest BCUT2D eigenvalue weighted by Gasteiger charge is -2.44. The topological polar surface area (TPSA) is 55.4 Å². The van der Waals surface area contributed by atoms with Gasteiger partial charge in [0.15, 0.2) is 0 Å². The second kappa shape index (κ2) is 15.8. The van der Waals surface area contributed by atoms with Crippen LogP contribution in [0.2, 0.25) is 0 Å². The van der Waals surface area contributed by atoms with E-state index in [1.165, 1.54) is 0 Å². The van der Waals surface area contributed by atoms with Crippen molar-refractivity contribution < 1.29 is 28.4 Å². The molecule has 0 N–H and O–H groups in total. The number of fused-ring (bicyclic) bond motifs is 4. The van der Waals surface area contributed by atoms with Gasteiger partial charge in [-0.3, -0.25) is 0 Å². The van der Waals surface area contributed by atoms with Gasteiger partial charge in [0.05, 0.1) is 0 Å². The van der Waals surface area contributed by atoms with Gasteiger partial charge in [-0.2, -0.15) is 0 Å². The van der Waals surface area contributed by atoms with Crippen LogP contribution in [0.5, 0.6) is 34.5 Å². The van der Waals surface area contributed by atoms with Gasteiger partial charge >= 0.3 is 11.9 Å². The molecule has 0 saturated heterocycles. The molecule has 0 unspecified atom stereocenters. The van der Waals surface area contributed by atoms with E-state index >= 15 is 0 Å². The smallest absolute Gasteiger partial charge is 0.411 e. The average molecular weight is 783 g/mol. The Bertz CT molecular complexity index is 2680. The van der Waals surface area contributed by atoms with Crippen LogP contribution in [0.15, 0.2) is 231 Å². The molecule has 10 rings (SSSR count). The van der Waals surface area contributed by atoms with E-state index in [2.05, 4.69) is 0 Å². The molecular weight excluding hydrogens is 745 g/mol. The highest BCUT2D eigenvalue weighted by atomic mass is 17.0. The molecule has 0 fully saturated rings. The maximum Gasteiger partial charge on any atom is 0.546 e. The first-order valence-corrected chi connectivity index (χ1v) is 19.8. The summed E-state index contributed by atoms with van der Waals surface area (Å²) in [6.45, 7) is 0. The molecule has 6 heteroatoms. The third-order valence-electron chi connectivity index (χ3n) is 10.3. The van der Waals surface area contributed by atoms with Crippen molar-refractivity contribution >= 4 is 43.1 Å². The minimum Gasteiger partial charge on any atom is -0.411 e. The molecule has 10 aromatic carbocycles. The summed E-state index contributed by atoms with van der Waals surface area (Å²) in [6, 6.07) is 73.9. The second-order valence-electron chi connectivity index (χ2n) is 14.3. The fourth-order valence-corrected chi connectivity index (χ4v) is 7.51. The van der Waals surface area contributed by atoms with E-state index in [4.69, 9.17) is 28.4 Å². The molecule has 60 heavy (non-hydrogen) atoms. The first kappa shape index (κ1) is 36.4. The van der Waals surface area contributed by atoms with E-state index in [0.717, 1.165) is 43.1 Å². The van der Waals surface area contributed by atoms with Gasteiger partial charge in [0.25, 0.3) is 0 Å². The van der Waals surface area contributed by atoms with E-state index in [1.54, 1.807) is 0 Å². The Balaban J connectivity index is 1.34. The van der Waals surface area contributed by atoms with E-state index in [1.807, 2.05) is 231 Å². The Morgan fingerprint density at radius 3 is 0.717 bits per heavy atom. The molecule has 0 heterocycles. The Kier molecular flexibility index (Phi) is 9.56.